The molecule has 0 radical (unpaired) electrons. The molecular weight excluding hydrogens is 292 g/mol. The molecule has 0 aromatic heterocycles. The minimum Gasteiger partial charge on any atom is -0.486 e. The summed E-state index contributed by atoms with van der Waals surface area (Å²) in [5, 5.41) is 12.5. The van der Waals surface area contributed by atoms with Crippen molar-refractivity contribution >= 4 is 11.7 Å². The van der Waals surface area contributed by atoms with Gasteiger partial charge in [0.05, 0.1) is 18.3 Å². The number of benzene rings is 1. The van der Waals surface area contributed by atoms with E-state index in [1.165, 1.54) is 0 Å². The van der Waals surface area contributed by atoms with Gasteiger partial charge in [-0.25, -0.2) is 4.79 Å². The second kappa shape index (κ2) is 7.21. The number of aliphatic hydroxyl groups is 1. The number of nitrogens with zero attached hydrogens (tertiary/aromatic N) is 1. The van der Waals surface area contributed by atoms with E-state index < -0.39 is 0 Å². The summed E-state index contributed by atoms with van der Waals surface area (Å²) < 4.78 is 5.91. The molecule has 0 saturated carbocycles. The minimum absolute atomic E-state index is 0.00523. The smallest absolute Gasteiger partial charge is 0.322 e. The standard InChI is InChI=1S/C18H28N2O3/c1-13-8-7-11-20(15(13)12-21)17(22)19-14-9-5-6-10-16(14)23-18(2,3)4/h5-6,9-10,13,15,21H,7-8,11-12H2,1-4H3,(H,19,22). The molecule has 1 aliphatic heterocycles. The highest BCUT2D eigenvalue weighted by Crippen LogP contribution is 2.29. The van der Waals surface area contributed by atoms with Gasteiger partial charge in [-0.3, -0.25) is 0 Å². The lowest BCUT2D eigenvalue weighted by atomic mass is 9.91. The number of urea groups is 1. The van der Waals surface area contributed by atoms with Crippen LogP contribution in [0.4, 0.5) is 10.5 Å². The highest BCUT2D eigenvalue weighted by atomic mass is 16.5. The Balaban J connectivity index is 2.14. The molecule has 1 aromatic rings. The zero-order chi connectivity index (χ0) is 17.0. The van der Waals surface area contributed by atoms with Crippen LogP contribution < -0.4 is 10.1 Å². The average Bonchev–Trinajstić information content (AvgIpc) is 2.47. The fraction of sp³-hybridized carbons (Fsp3) is 0.611. The maximum atomic E-state index is 12.6. The number of amides is 2. The summed E-state index contributed by atoms with van der Waals surface area (Å²) in [4.78, 5) is 14.4. The van der Waals surface area contributed by atoms with Gasteiger partial charge in [0.25, 0.3) is 0 Å². The Morgan fingerprint density at radius 1 is 1.39 bits per heavy atom. The van der Waals surface area contributed by atoms with Gasteiger partial charge in [-0.2, -0.15) is 0 Å². The Labute approximate surface area is 138 Å². The molecule has 128 valence electrons. The van der Waals surface area contributed by atoms with Crippen molar-refractivity contribution in [1.29, 1.82) is 0 Å². The maximum Gasteiger partial charge on any atom is 0.322 e. The average molecular weight is 320 g/mol. The van der Waals surface area contributed by atoms with Crippen LogP contribution in [0.15, 0.2) is 24.3 Å². The van der Waals surface area contributed by atoms with Crippen molar-refractivity contribution in [1.82, 2.24) is 4.90 Å². The van der Waals surface area contributed by atoms with E-state index in [4.69, 9.17) is 4.74 Å². The van der Waals surface area contributed by atoms with Crippen LogP contribution in [0.3, 0.4) is 0 Å². The quantitative estimate of drug-likeness (QED) is 0.896. The lowest BCUT2D eigenvalue weighted by Crippen LogP contribution is -2.51. The van der Waals surface area contributed by atoms with Crippen LogP contribution in [0.2, 0.25) is 0 Å². The molecule has 2 atom stereocenters. The molecule has 0 bridgehead atoms. The fourth-order valence-electron chi connectivity index (χ4n) is 2.96. The molecule has 1 heterocycles. The number of carbonyl (C=O) groups excluding carboxylic acids is 1. The van der Waals surface area contributed by atoms with Crippen molar-refractivity contribution in [2.24, 2.45) is 5.92 Å². The number of para-hydroxylation sites is 2. The lowest BCUT2D eigenvalue weighted by molar-refractivity contribution is 0.0810. The highest BCUT2D eigenvalue weighted by Gasteiger charge is 2.31. The number of hydrogen-bond donors (Lipinski definition) is 2. The predicted octanol–water partition coefficient (Wildman–Crippen LogP) is 3.49. The largest absolute Gasteiger partial charge is 0.486 e. The van der Waals surface area contributed by atoms with Crippen LogP contribution in [-0.2, 0) is 0 Å². The number of aliphatic hydroxyl groups excluding tert-OH is 1. The Morgan fingerprint density at radius 2 is 2.09 bits per heavy atom. The van der Waals surface area contributed by atoms with Crippen LogP contribution in [0.1, 0.15) is 40.5 Å². The van der Waals surface area contributed by atoms with E-state index >= 15 is 0 Å². The lowest BCUT2D eigenvalue weighted by Gasteiger charge is -2.39. The molecule has 2 unspecified atom stereocenters. The molecule has 1 aromatic carbocycles. The Hall–Kier alpha value is -1.75. The summed E-state index contributed by atoms with van der Waals surface area (Å²) in [7, 11) is 0. The summed E-state index contributed by atoms with van der Waals surface area (Å²) >= 11 is 0. The number of piperidine rings is 1. The van der Waals surface area contributed by atoms with E-state index in [2.05, 4.69) is 12.2 Å². The normalized spacial score (nSPS) is 21.9. The maximum absolute atomic E-state index is 12.6. The van der Waals surface area contributed by atoms with Crippen molar-refractivity contribution in [2.45, 2.75) is 52.2 Å². The minimum atomic E-state index is -0.339. The Kier molecular flexibility index (Phi) is 5.52. The fourth-order valence-corrected chi connectivity index (χ4v) is 2.96. The molecule has 1 saturated heterocycles. The number of anilines is 1. The van der Waals surface area contributed by atoms with Gasteiger partial charge < -0.3 is 20.1 Å². The summed E-state index contributed by atoms with van der Waals surface area (Å²) in [6.45, 7) is 8.66. The molecule has 2 N–H and O–H groups in total. The zero-order valence-electron chi connectivity index (χ0n) is 14.5. The highest BCUT2D eigenvalue weighted by molar-refractivity contribution is 5.91. The van der Waals surface area contributed by atoms with E-state index in [1.807, 2.05) is 45.0 Å². The first kappa shape index (κ1) is 17.6. The first-order valence-electron chi connectivity index (χ1n) is 8.28. The van der Waals surface area contributed by atoms with Gasteiger partial charge >= 0.3 is 6.03 Å². The third-order valence-electron chi connectivity index (χ3n) is 4.11. The van der Waals surface area contributed by atoms with E-state index in [-0.39, 0.29) is 24.3 Å². The van der Waals surface area contributed by atoms with E-state index in [1.54, 1.807) is 4.90 Å². The van der Waals surface area contributed by atoms with Crippen molar-refractivity contribution < 1.29 is 14.6 Å². The molecular formula is C18H28N2O3. The monoisotopic (exact) mass is 320 g/mol. The first-order chi connectivity index (χ1) is 10.8. The van der Waals surface area contributed by atoms with E-state index in [0.29, 0.717) is 23.9 Å². The molecule has 5 nitrogen and oxygen atoms in total. The molecule has 1 fully saturated rings. The number of ether oxygens (including phenoxy) is 1. The molecule has 2 rings (SSSR count). The molecule has 23 heavy (non-hydrogen) atoms. The second-order valence-electron chi connectivity index (χ2n) is 7.20. The van der Waals surface area contributed by atoms with Crippen LogP contribution in [0.25, 0.3) is 0 Å². The predicted molar refractivity (Wildman–Crippen MR) is 91.8 cm³/mol. The summed E-state index contributed by atoms with van der Waals surface area (Å²) in [5.74, 6) is 0.958. The summed E-state index contributed by atoms with van der Waals surface area (Å²) in [6.07, 6.45) is 2.00. The van der Waals surface area contributed by atoms with Gasteiger partial charge in [-0.1, -0.05) is 19.1 Å². The van der Waals surface area contributed by atoms with Gasteiger partial charge in [0.2, 0.25) is 0 Å². The van der Waals surface area contributed by atoms with Gasteiger partial charge in [-0.05, 0) is 51.7 Å². The molecule has 0 spiro atoms. The molecule has 0 aliphatic carbocycles. The summed E-state index contributed by atoms with van der Waals surface area (Å²) in [6, 6.07) is 7.13. The van der Waals surface area contributed by atoms with Crippen molar-refractivity contribution in [3.05, 3.63) is 24.3 Å². The Bertz CT molecular complexity index is 539. The van der Waals surface area contributed by atoms with E-state index in [9.17, 15) is 9.90 Å². The van der Waals surface area contributed by atoms with Crippen LogP contribution in [0, 0.1) is 5.92 Å². The summed E-state index contributed by atoms with van der Waals surface area (Å²) in [5.41, 5.74) is 0.316. The zero-order valence-corrected chi connectivity index (χ0v) is 14.5. The van der Waals surface area contributed by atoms with E-state index in [0.717, 1.165) is 12.8 Å². The third kappa shape index (κ3) is 4.61. The topological polar surface area (TPSA) is 61.8 Å². The molecule has 1 aliphatic rings. The SMILES string of the molecule is CC1CCCN(C(=O)Nc2ccccc2OC(C)(C)C)C1CO. The van der Waals surface area contributed by atoms with Gasteiger partial charge in [-0.15, -0.1) is 0 Å². The first-order valence-corrected chi connectivity index (χ1v) is 8.28. The van der Waals surface area contributed by atoms with Crippen molar-refractivity contribution in [2.75, 3.05) is 18.5 Å². The number of carbonyl (C=O) groups is 1. The van der Waals surface area contributed by atoms with Crippen LogP contribution >= 0.6 is 0 Å². The van der Waals surface area contributed by atoms with Gasteiger partial charge in [0.1, 0.15) is 11.4 Å². The van der Waals surface area contributed by atoms with Gasteiger partial charge in [0, 0.05) is 6.54 Å². The van der Waals surface area contributed by atoms with Crippen molar-refractivity contribution in [3.63, 3.8) is 0 Å². The number of rotatable bonds is 3. The number of nitrogens with one attached hydrogen (secondary N) is 1. The second-order valence-corrected chi connectivity index (χ2v) is 7.20. The Morgan fingerprint density at radius 3 is 2.74 bits per heavy atom. The number of hydrogen-bond acceptors (Lipinski definition) is 3. The molecule has 2 amide bonds. The van der Waals surface area contributed by atoms with Crippen molar-refractivity contribution in [3.8, 4) is 5.75 Å². The molecule has 5 heteroatoms. The van der Waals surface area contributed by atoms with Gasteiger partial charge in [0.15, 0.2) is 0 Å². The number of likely N-dealkylation sites (tertiary alicyclic amines) is 1. The third-order valence-corrected chi connectivity index (χ3v) is 4.11. The van der Waals surface area contributed by atoms with Crippen LogP contribution in [0.5, 0.6) is 5.75 Å². The van der Waals surface area contributed by atoms with Crippen LogP contribution in [-0.4, -0.2) is 40.8 Å².